The van der Waals surface area contributed by atoms with Crippen LogP contribution >= 0.6 is 11.8 Å². The Morgan fingerprint density at radius 2 is 1.89 bits per heavy atom. The lowest BCUT2D eigenvalue weighted by molar-refractivity contribution is 0.373. The molecule has 1 saturated carbocycles. The van der Waals surface area contributed by atoms with E-state index in [1.165, 1.54) is 36.3 Å². The zero-order chi connectivity index (χ0) is 13.0. The van der Waals surface area contributed by atoms with Crippen LogP contribution in [-0.4, -0.2) is 24.9 Å². The van der Waals surface area contributed by atoms with E-state index in [-0.39, 0.29) is 0 Å². The molecule has 3 heteroatoms. The molecule has 18 heavy (non-hydrogen) atoms. The van der Waals surface area contributed by atoms with Gasteiger partial charge in [0.15, 0.2) is 0 Å². The predicted octanol–water partition coefficient (Wildman–Crippen LogP) is 3.50. The maximum Gasteiger partial charge on any atom is 0.0437 e. The third kappa shape index (κ3) is 3.21. The molecule has 1 aliphatic rings. The van der Waals surface area contributed by atoms with Crippen molar-refractivity contribution >= 4 is 17.4 Å². The fraction of sp³-hybridized carbons (Fsp3) is 0.600. The number of benzene rings is 1. The maximum atomic E-state index is 6.25. The van der Waals surface area contributed by atoms with Crippen LogP contribution in [0.4, 0.5) is 5.69 Å². The first kappa shape index (κ1) is 13.8. The number of nitrogens with two attached hydrogens (primary N) is 1. The summed E-state index contributed by atoms with van der Waals surface area (Å²) in [7, 11) is 2.18. The summed E-state index contributed by atoms with van der Waals surface area (Å²) in [4.78, 5) is 3.71. The van der Waals surface area contributed by atoms with Crippen molar-refractivity contribution in [2.75, 3.05) is 17.7 Å². The topological polar surface area (TPSA) is 29.3 Å². The van der Waals surface area contributed by atoms with E-state index in [0.29, 0.717) is 12.1 Å². The Labute approximate surface area is 115 Å². The highest BCUT2D eigenvalue weighted by atomic mass is 32.2. The van der Waals surface area contributed by atoms with Crippen molar-refractivity contribution in [3.8, 4) is 0 Å². The van der Waals surface area contributed by atoms with Gasteiger partial charge in [0.05, 0.1) is 0 Å². The fourth-order valence-electron chi connectivity index (χ4n) is 2.76. The minimum atomic E-state index is 0.327. The van der Waals surface area contributed by atoms with Gasteiger partial charge in [-0.1, -0.05) is 19.8 Å². The molecule has 2 nitrogen and oxygen atoms in total. The molecule has 0 aliphatic heterocycles. The van der Waals surface area contributed by atoms with Crippen molar-refractivity contribution in [2.45, 2.75) is 49.6 Å². The molecule has 2 unspecified atom stereocenters. The van der Waals surface area contributed by atoms with Crippen LogP contribution in [0.3, 0.4) is 0 Å². The minimum Gasteiger partial charge on any atom is -0.370 e. The van der Waals surface area contributed by atoms with Crippen molar-refractivity contribution in [3.05, 3.63) is 24.3 Å². The number of nitrogens with zero attached hydrogens (tertiary/aromatic N) is 1. The lowest BCUT2D eigenvalue weighted by atomic mass is 9.90. The van der Waals surface area contributed by atoms with Gasteiger partial charge in [-0.15, -0.1) is 11.8 Å². The first-order valence-corrected chi connectivity index (χ1v) is 7.92. The first-order chi connectivity index (χ1) is 8.72. The van der Waals surface area contributed by atoms with Gasteiger partial charge in [0, 0.05) is 29.7 Å². The van der Waals surface area contributed by atoms with Gasteiger partial charge in [0.2, 0.25) is 0 Å². The number of thioether (sulfide) groups is 1. The van der Waals surface area contributed by atoms with Crippen molar-refractivity contribution in [1.29, 1.82) is 0 Å². The van der Waals surface area contributed by atoms with Crippen LogP contribution in [0.25, 0.3) is 0 Å². The van der Waals surface area contributed by atoms with E-state index in [1.54, 1.807) is 0 Å². The van der Waals surface area contributed by atoms with Gasteiger partial charge in [-0.2, -0.15) is 0 Å². The quantitative estimate of drug-likeness (QED) is 0.844. The standard InChI is InChI=1S/C15H24N2S/c1-3-18-13-10-8-12(9-11-13)17(2)15-7-5-4-6-14(15)16/h8-11,14-15H,3-7,16H2,1-2H3. The van der Waals surface area contributed by atoms with Gasteiger partial charge < -0.3 is 10.6 Å². The van der Waals surface area contributed by atoms with Crippen LogP contribution in [0.5, 0.6) is 0 Å². The molecule has 0 radical (unpaired) electrons. The van der Waals surface area contributed by atoms with E-state index in [2.05, 4.69) is 43.1 Å². The molecule has 0 aromatic heterocycles. The van der Waals surface area contributed by atoms with E-state index in [1.807, 2.05) is 11.8 Å². The van der Waals surface area contributed by atoms with E-state index >= 15 is 0 Å². The summed E-state index contributed by atoms with van der Waals surface area (Å²) < 4.78 is 0. The largest absolute Gasteiger partial charge is 0.370 e. The normalized spacial score (nSPS) is 23.9. The van der Waals surface area contributed by atoms with Crippen LogP contribution in [0.1, 0.15) is 32.6 Å². The molecule has 1 aromatic carbocycles. The third-order valence-corrected chi connectivity index (χ3v) is 4.73. The highest BCUT2D eigenvalue weighted by molar-refractivity contribution is 7.99. The van der Waals surface area contributed by atoms with Crippen LogP contribution in [0.15, 0.2) is 29.2 Å². The van der Waals surface area contributed by atoms with Crippen LogP contribution < -0.4 is 10.6 Å². The van der Waals surface area contributed by atoms with E-state index < -0.39 is 0 Å². The van der Waals surface area contributed by atoms with Crippen molar-refractivity contribution < 1.29 is 0 Å². The molecule has 0 heterocycles. The monoisotopic (exact) mass is 264 g/mol. The molecule has 0 amide bonds. The van der Waals surface area contributed by atoms with Crippen LogP contribution in [-0.2, 0) is 0 Å². The first-order valence-electron chi connectivity index (χ1n) is 6.93. The molecule has 0 spiro atoms. The molecule has 2 N–H and O–H groups in total. The van der Waals surface area contributed by atoms with Crippen molar-refractivity contribution in [3.63, 3.8) is 0 Å². The summed E-state index contributed by atoms with van der Waals surface area (Å²) in [5.41, 5.74) is 7.54. The lowest BCUT2D eigenvalue weighted by Crippen LogP contribution is -2.48. The number of hydrogen-bond acceptors (Lipinski definition) is 3. The average Bonchev–Trinajstić information content (AvgIpc) is 2.40. The summed E-state index contributed by atoms with van der Waals surface area (Å²) in [6, 6.07) is 9.71. The van der Waals surface area contributed by atoms with Gasteiger partial charge in [0.25, 0.3) is 0 Å². The Hall–Kier alpha value is -0.670. The van der Waals surface area contributed by atoms with E-state index in [9.17, 15) is 0 Å². The van der Waals surface area contributed by atoms with Gasteiger partial charge in [-0.25, -0.2) is 0 Å². The second-order valence-electron chi connectivity index (χ2n) is 5.05. The molecule has 0 bridgehead atoms. The molecule has 1 aliphatic carbocycles. The van der Waals surface area contributed by atoms with Gasteiger partial charge in [-0.05, 0) is 42.9 Å². The number of rotatable bonds is 4. The van der Waals surface area contributed by atoms with Gasteiger partial charge in [-0.3, -0.25) is 0 Å². The summed E-state index contributed by atoms with van der Waals surface area (Å²) in [5, 5.41) is 0. The maximum absolute atomic E-state index is 6.25. The summed E-state index contributed by atoms with van der Waals surface area (Å²) in [5.74, 6) is 1.13. The average molecular weight is 264 g/mol. The zero-order valence-electron chi connectivity index (χ0n) is 11.4. The molecule has 2 rings (SSSR count). The number of hydrogen-bond donors (Lipinski definition) is 1. The number of likely N-dealkylation sites (N-methyl/N-ethyl adjacent to an activating group) is 1. The molecular formula is C15H24N2S. The Kier molecular flexibility index (Phi) is 4.95. The molecule has 2 atom stereocenters. The van der Waals surface area contributed by atoms with Crippen molar-refractivity contribution in [2.24, 2.45) is 5.73 Å². The third-order valence-electron chi connectivity index (χ3n) is 3.83. The fourth-order valence-corrected chi connectivity index (χ4v) is 3.42. The molecule has 1 aromatic rings. The SMILES string of the molecule is CCSc1ccc(N(C)C2CCCCC2N)cc1. The Morgan fingerprint density at radius 3 is 2.50 bits per heavy atom. The Bertz CT molecular complexity index is 363. The molecule has 0 saturated heterocycles. The van der Waals surface area contributed by atoms with E-state index in [4.69, 9.17) is 5.73 Å². The zero-order valence-corrected chi connectivity index (χ0v) is 12.2. The highest BCUT2D eigenvalue weighted by Crippen LogP contribution is 2.27. The van der Waals surface area contributed by atoms with Gasteiger partial charge >= 0.3 is 0 Å². The predicted molar refractivity (Wildman–Crippen MR) is 81.5 cm³/mol. The summed E-state index contributed by atoms with van der Waals surface area (Å²) in [6.07, 6.45) is 4.99. The van der Waals surface area contributed by atoms with Crippen LogP contribution in [0, 0.1) is 0 Å². The Morgan fingerprint density at radius 1 is 1.22 bits per heavy atom. The molecular weight excluding hydrogens is 240 g/mol. The lowest BCUT2D eigenvalue weighted by Gasteiger charge is -2.37. The van der Waals surface area contributed by atoms with Crippen molar-refractivity contribution in [1.82, 2.24) is 0 Å². The summed E-state index contributed by atoms with van der Waals surface area (Å²) >= 11 is 1.89. The second-order valence-corrected chi connectivity index (χ2v) is 6.39. The Balaban J connectivity index is 2.05. The minimum absolute atomic E-state index is 0.327. The van der Waals surface area contributed by atoms with Crippen LogP contribution in [0.2, 0.25) is 0 Å². The summed E-state index contributed by atoms with van der Waals surface area (Å²) in [6.45, 7) is 2.19. The second kappa shape index (κ2) is 6.48. The molecule has 1 fully saturated rings. The smallest absolute Gasteiger partial charge is 0.0437 e. The van der Waals surface area contributed by atoms with E-state index in [0.717, 1.165) is 5.75 Å². The number of anilines is 1. The highest BCUT2D eigenvalue weighted by Gasteiger charge is 2.25. The molecule has 100 valence electrons. The van der Waals surface area contributed by atoms with Gasteiger partial charge in [0.1, 0.15) is 0 Å².